The molecule has 0 saturated carbocycles. The number of aliphatic imine (C=N–C) groups is 1. The van der Waals surface area contributed by atoms with Crippen LogP contribution in [0.3, 0.4) is 0 Å². The Morgan fingerprint density at radius 1 is 0.840 bits per heavy atom. The Bertz CT molecular complexity index is 884. The molecule has 0 amide bonds. The van der Waals surface area contributed by atoms with Crippen molar-refractivity contribution in [3.63, 3.8) is 0 Å². The molecule has 0 radical (unpaired) electrons. The Morgan fingerprint density at radius 3 is 2.16 bits per heavy atom. The fourth-order valence-electron chi connectivity index (χ4n) is 2.51. The van der Waals surface area contributed by atoms with Crippen LogP contribution in [0.1, 0.15) is 16.7 Å². The minimum absolute atomic E-state index is 0.450. The van der Waals surface area contributed by atoms with Crippen molar-refractivity contribution in [2.75, 3.05) is 0 Å². The quantitative estimate of drug-likeness (QED) is 0.492. The van der Waals surface area contributed by atoms with Crippen molar-refractivity contribution in [1.29, 1.82) is 0 Å². The molecule has 0 unspecified atom stereocenters. The molecule has 25 heavy (non-hydrogen) atoms. The molecule has 0 bridgehead atoms. The molecule has 124 valence electrons. The summed E-state index contributed by atoms with van der Waals surface area (Å²) in [6.45, 7) is 0. The molecule has 0 atom stereocenters. The zero-order valence-corrected chi connectivity index (χ0v) is 14.5. The number of nitrogens with two attached hydrogens (primary N) is 1. The number of halogens is 1. The van der Waals surface area contributed by atoms with Crippen LogP contribution in [0, 0.1) is 0 Å². The first-order valence-electron chi connectivity index (χ1n) is 8.12. The number of hydrogen-bond donors (Lipinski definition) is 1. The number of rotatable bonds is 5. The molecule has 0 aromatic heterocycles. The molecule has 0 spiro atoms. The van der Waals surface area contributed by atoms with Gasteiger partial charge in [0.2, 0.25) is 0 Å². The van der Waals surface area contributed by atoms with Gasteiger partial charge in [-0.3, -0.25) is 0 Å². The SMILES string of the molecule is NC(=N/C(=C\Cc1ccccc1)c1ccccc1)c1cccc(Cl)c1. The largest absolute Gasteiger partial charge is 0.383 e. The fourth-order valence-corrected chi connectivity index (χ4v) is 2.70. The highest BCUT2D eigenvalue weighted by molar-refractivity contribution is 6.31. The average molecular weight is 347 g/mol. The van der Waals surface area contributed by atoms with Crippen LogP contribution in [-0.2, 0) is 6.42 Å². The van der Waals surface area contributed by atoms with E-state index in [1.165, 1.54) is 5.56 Å². The third kappa shape index (κ3) is 4.82. The molecule has 3 heteroatoms. The van der Waals surface area contributed by atoms with Gasteiger partial charge >= 0.3 is 0 Å². The monoisotopic (exact) mass is 346 g/mol. The minimum atomic E-state index is 0.450. The second-order valence-corrected chi connectivity index (χ2v) is 6.09. The van der Waals surface area contributed by atoms with E-state index in [2.05, 4.69) is 23.2 Å². The normalized spacial score (nSPS) is 12.2. The van der Waals surface area contributed by atoms with Crippen molar-refractivity contribution < 1.29 is 0 Å². The van der Waals surface area contributed by atoms with Crippen LogP contribution in [-0.4, -0.2) is 5.84 Å². The Morgan fingerprint density at radius 2 is 1.48 bits per heavy atom. The van der Waals surface area contributed by atoms with Gasteiger partial charge in [-0.25, -0.2) is 4.99 Å². The summed E-state index contributed by atoms with van der Waals surface area (Å²) in [5.74, 6) is 0.450. The van der Waals surface area contributed by atoms with E-state index in [9.17, 15) is 0 Å². The standard InChI is InChI=1S/C22H19ClN2/c23-20-13-7-12-19(16-20)22(24)25-21(18-10-5-2-6-11-18)15-14-17-8-3-1-4-9-17/h1-13,15-16H,14H2,(H2,24,25)/b21-15-. The van der Waals surface area contributed by atoms with Crippen LogP contribution in [0.25, 0.3) is 5.70 Å². The number of benzene rings is 3. The van der Waals surface area contributed by atoms with Crippen molar-refractivity contribution in [2.24, 2.45) is 10.7 Å². The van der Waals surface area contributed by atoms with E-state index in [0.717, 1.165) is 23.2 Å². The topological polar surface area (TPSA) is 38.4 Å². The Labute approximate surface area is 153 Å². The molecular formula is C22H19ClN2. The summed E-state index contributed by atoms with van der Waals surface area (Å²) in [5, 5.41) is 0.644. The zero-order valence-electron chi connectivity index (χ0n) is 13.8. The smallest absolute Gasteiger partial charge is 0.131 e. The molecule has 0 fully saturated rings. The summed E-state index contributed by atoms with van der Waals surface area (Å²) in [7, 11) is 0. The lowest BCUT2D eigenvalue weighted by atomic mass is 10.1. The maximum Gasteiger partial charge on any atom is 0.131 e. The zero-order chi connectivity index (χ0) is 17.5. The van der Waals surface area contributed by atoms with Gasteiger partial charge in [-0.1, -0.05) is 90.5 Å². The van der Waals surface area contributed by atoms with Crippen LogP contribution in [0.4, 0.5) is 0 Å². The lowest BCUT2D eigenvalue weighted by molar-refractivity contribution is 1.26. The van der Waals surface area contributed by atoms with E-state index >= 15 is 0 Å². The van der Waals surface area contributed by atoms with Gasteiger partial charge in [0.25, 0.3) is 0 Å². The molecule has 2 nitrogen and oxygen atoms in total. The maximum absolute atomic E-state index is 6.22. The Kier molecular flexibility index (Phi) is 5.65. The maximum atomic E-state index is 6.22. The van der Waals surface area contributed by atoms with E-state index in [0.29, 0.717) is 10.9 Å². The number of hydrogen-bond acceptors (Lipinski definition) is 1. The lowest BCUT2D eigenvalue weighted by Crippen LogP contribution is -2.13. The molecule has 2 N–H and O–H groups in total. The number of allylic oxidation sites excluding steroid dienone is 1. The summed E-state index contributed by atoms with van der Waals surface area (Å²) >= 11 is 6.06. The van der Waals surface area contributed by atoms with Gasteiger partial charge < -0.3 is 5.73 Å². The first-order chi connectivity index (χ1) is 12.2. The summed E-state index contributed by atoms with van der Waals surface area (Å²) < 4.78 is 0. The lowest BCUT2D eigenvalue weighted by Gasteiger charge is -2.07. The van der Waals surface area contributed by atoms with Gasteiger partial charge in [-0.05, 0) is 29.7 Å². The highest BCUT2D eigenvalue weighted by Gasteiger charge is 2.04. The molecule has 0 aliphatic heterocycles. The minimum Gasteiger partial charge on any atom is -0.383 e. The molecule has 0 heterocycles. The molecule has 0 aliphatic rings. The first kappa shape index (κ1) is 17.0. The van der Waals surface area contributed by atoms with Crippen LogP contribution in [0.5, 0.6) is 0 Å². The highest BCUT2D eigenvalue weighted by atomic mass is 35.5. The molecule has 0 saturated heterocycles. The summed E-state index contributed by atoms with van der Waals surface area (Å²) in [6, 6.07) is 27.8. The molecule has 0 aliphatic carbocycles. The van der Waals surface area contributed by atoms with Crippen molar-refractivity contribution in [2.45, 2.75) is 6.42 Å². The van der Waals surface area contributed by atoms with Crippen LogP contribution >= 0.6 is 11.6 Å². The van der Waals surface area contributed by atoms with Gasteiger partial charge in [0.15, 0.2) is 0 Å². The van der Waals surface area contributed by atoms with Crippen LogP contribution in [0.15, 0.2) is 96.0 Å². The van der Waals surface area contributed by atoms with E-state index in [1.54, 1.807) is 0 Å². The molecule has 3 aromatic rings. The van der Waals surface area contributed by atoms with Crippen molar-refractivity contribution >= 4 is 23.1 Å². The van der Waals surface area contributed by atoms with E-state index in [4.69, 9.17) is 17.3 Å². The third-order valence-electron chi connectivity index (χ3n) is 3.80. The van der Waals surface area contributed by atoms with Gasteiger partial charge in [0, 0.05) is 10.6 Å². The first-order valence-corrected chi connectivity index (χ1v) is 8.50. The van der Waals surface area contributed by atoms with Crippen LogP contribution < -0.4 is 5.73 Å². The van der Waals surface area contributed by atoms with E-state index < -0.39 is 0 Å². The van der Waals surface area contributed by atoms with Crippen molar-refractivity contribution in [3.8, 4) is 0 Å². The van der Waals surface area contributed by atoms with Gasteiger partial charge in [-0.15, -0.1) is 0 Å². The Hall–Kier alpha value is -2.84. The highest BCUT2D eigenvalue weighted by Crippen LogP contribution is 2.19. The van der Waals surface area contributed by atoms with Gasteiger partial charge in [-0.2, -0.15) is 0 Å². The van der Waals surface area contributed by atoms with E-state index in [-0.39, 0.29) is 0 Å². The third-order valence-corrected chi connectivity index (χ3v) is 4.04. The molecule has 3 rings (SSSR count). The van der Waals surface area contributed by atoms with Gasteiger partial charge in [0.05, 0.1) is 5.70 Å². The van der Waals surface area contributed by atoms with Crippen molar-refractivity contribution in [1.82, 2.24) is 0 Å². The summed E-state index contributed by atoms with van der Waals surface area (Å²) in [6.07, 6.45) is 2.89. The molecule has 3 aromatic carbocycles. The summed E-state index contributed by atoms with van der Waals surface area (Å²) in [5.41, 5.74) is 10.1. The average Bonchev–Trinajstić information content (AvgIpc) is 2.66. The number of amidine groups is 1. The van der Waals surface area contributed by atoms with E-state index in [1.807, 2.05) is 72.8 Å². The second kappa shape index (κ2) is 8.32. The van der Waals surface area contributed by atoms with Gasteiger partial charge in [0.1, 0.15) is 5.84 Å². The predicted molar refractivity (Wildman–Crippen MR) is 107 cm³/mol. The molecular weight excluding hydrogens is 328 g/mol. The number of nitrogens with zero attached hydrogens (tertiary/aromatic N) is 1. The summed E-state index contributed by atoms with van der Waals surface area (Å²) in [4.78, 5) is 4.67. The fraction of sp³-hybridized carbons (Fsp3) is 0.0455. The predicted octanol–water partition coefficient (Wildman–Crippen LogP) is 5.33. The van der Waals surface area contributed by atoms with Crippen molar-refractivity contribution in [3.05, 3.63) is 113 Å². The Balaban J connectivity index is 1.95. The van der Waals surface area contributed by atoms with Crippen LogP contribution in [0.2, 0.25) is 5.02 Å². The second-order valence-electron chi connectivity index (χ2n) is 5.65.